The van der Waals surface area contributed by atoms with E-state index in [1.807, 2.05) is 20.1 Å². The fourth-order valence-corrected chi connectivity index (χ4v) is 3.53. The van der Waals surface area contributed by atoms with Crippen molar-refractivity contribution < 1.29 is 9.59 Å². The largest absolute Gasteiger partial charge is 0.336 e. The Morgan fingerprint density at radius 2 is 1.93 bits per heavy atom. The molecule has 2 amide bonds. The number of hydrogen-bond acceptors (Lipinski definition) is 6. The van der Waals surface area contributed by atoms with E-state index in [9.17, 15) is 9.59 Å². The van der Waals surface area contributed by atoms with Gasteiger partial charge in [0.1, 0.15) is 0 Å². The summed E-state index contributed by atoms with van der Waals surface area (Å²) in [5.41, 5.74) is 2.78. The molecule has 0 aliphatic carbocycles. The van der Waals surface area contributed by atoms with Crippen LogP contribution in [-0.4, -0.2) is 56.1 Å². The van der Waals surface area contributed by atoms with E-state index >= 15 is 0 Å². The van der Waals surface area contributed by atoms with E-state index < -0.39 is 0 Å². The highest BCUT2D eigenvalue weighted by molar-refractivity contribution is 7.98. The minimum atomic E-state index is -0.341. The number of rotatable bonds is 6. The van der Waals surface area contributed by atoms with Crippen LogP contribution in [-0.2, 0) is 16.0 Å². The van der Waals surface area contributed by atoms with Crippen LogP contribution in [0.15, 0.2) is 23.4 Å². The molecule has 8 nitrogen and oxygen atoms in total. The van der Waals surface area contributed by atoms with Crippen LogP contribution in [0.5, 0.6) is 0 Å². The van der Waals surface area contributed by atoms with Crippen LogP contribution < -0.4 is 5.32 Å². The van der Waals surface area contributed by atoms with Gasteiger partial charge in [0.2, 0.25) is 17.0 Å². The second-order valence-corrected chi connectivity index (χ2v) is 8.26. The maximum atomic E-state index is 12.7. The lowest BCUT2D eigenvalue weighted by molar-refractivity contribution is -0.132. The summed E-state index contributed by atoms with van der Waals surface area (Å²) in [4.78, 5) is 35.2. The third-order valence-electron chi connectivity index (χ3n) is 4.55. The lowest BCUT2D eigenvalue weighted by Crippen LogP contribution is -2.36. The van der Waals surface area contributed by atoms with Crippen molar-refractivity contribution >= 4 is 58.2 Å². The molecule has 1 aromatic carbocycles. The fraction of sp³-hybridized carbons (Fsp3) is 0.316. The number of aromatic nitrogens is 4. The number of nitrogens with zero attached hydrogens (tertiary/aromatic N) is 5. The number of likely N-dealkylation sites (N-methyl/N-ethyl adjacent to an activating group) is 1. The number of benzene rings is 1. The Morgan fingerprint density at radius 3 is 2.60 bits per heavy atom. The minimum Gasteiger partial charge on any atom is -0.336 e. The lowest BCUT2D eigenvalue weighted by Gasteiger charge is -2.18. The molecule has 0 aliphatic heterocycles. The number of amides is 2. The smallest absolute Gasteiger partial charge is 0.253 e. The zero-order valence-electron chi connectivity index (χ0n) is 16.9. The lowest BCUT2D eigenvalue weighted by atomic mass is 10.1. The maximum absolute atomic E-state index is 12.7. The van der Waals surface area contributed by atoms with Crippen LogP contribution in [0.4, 0.5) is 5.69 Å². The number of aryl methyl sites for hydroxylation is 2. The molecule has 0 radical (unpaired) electrons. The first kappa shape index (κ1) is 22.3. The topological polar surface area (TPSA) is 92.5 Å². The van der Waals surface area contributed by atoms with Crippen molar-refractivity contribution in [1.82, 2.24) is 24.5 Å². The van der Waals surface area contributed by atoms with E-state index in [0.717, 1.165) is 11.3 Å². The number of nitrogens with one attached hydrogen (secondary N) is 1. The number of halogens is 2. The summed E-state index contributed by atoms with van der Waals surface area (Å²) >= 11 is 13.3. The first-order valence-electron chi connectivity index (χ1n) is 8.95. The zero-order valence-corrected chi connectivity index (χ0v) is 19.2. The van der Waals surface area contributed by atoms with E-state index in [1.165, 1.54) is 16.7 Å². The van der Waals surface area contributed by atoms with Gasteiger partial charge < -0.3 is 10.2 Å². The molecule has 11 heteroatoms. The molecule has 0 unspecified atom stereocenters. The van der Waals surface area contributed by atoms with Crippen molar-refractivity contribution in [2.75, 3.05) is 25.2 Å². The highest BCUT2D eigenvalue weighted by atomic mass is 35.5. The maximum Gasteiger partial charge on any atom is 0.253 e. The molecule has 2 aromatic heterocycles. The van der Waals surface area contributed by atoms with Gasteiger partial charge in [0.25, 0.3) is 5.78 Å². The molecule has 0 aliphatic rings. The van der Waals surface area contributed by atoms with Crippen LogP contribution in [0.2, 0.25) is 10.0 Å². The van der Waals surface area contributed by atoms with E-state index in [4.69, 9.17) is 23.2 Å². The second-order valence-electron chi connectivity index (χ2n) is 6.68. The monoisotopic (exact) mass is 466 g/mol. The van der Waals surface area contributed by atoms with Crippen molar-refractivity contribution in [3.63, 3.8) is 0 Å². The van der Waals surface area contributed by atoms with Crippen LogP contribution in [0.25, 0.3) is 5.78 Å². The average Bonchev–Trinajstić information content (AvgIpc) is 3.11. The van der Waals surface area contributed by atoms with Crippen molar-refractivity contribution in [3.8, 4) is 0 Å². The Hall–Kier alpha value is -2.36. The Bertz CT molecular complexity index is 1130. The van der Waals surface area contributed by atoms with E-state index in [1.54, 1.807) is 29.8 Å². The van der Waals surface area contributed by atoms with Crippen molar-refractivity contribution in [3.05, 3.63) is 45.2 Å². The van der Waals surface area contributed by atoms with Crippen LogP contribution in [0, 0.1) is 13.8 Å². The molecule has 3 rings (SSSR count). The molecule has 0 bridgehead atoms. The molecule has 0 saturated heterocycles. The summed E-state index contributed by atoms with van der Waals surface area (Å²) in [6.45, 7) is 3.60. The fourth-order valence-electron chi connectivity index (χ4n) is 2.90. The number of anilines is 1. The molecule has 3 aromatic rings. The molecule has 0 saturated carbocycles. The van der Waals surface area contributed by atoms with Gasteiger partial charge in [-0.2, -0.15) is 4.98 Å². The molecule has 0 atom stereocenters. The molecule has 1 N–H and O–H groups in total. The summed E-state index contributed by atoms with van der Waals surface area (Å²) in [5.74, 6) is -0.0519. The zero-order chi connectivity index (χ0) is 22.0. The number of thioether (sulfide) groups is 1. The predicted molar refractivity (Wildman–Crippen MR) is 118 cm³/mol. The van der Waals surface area contributed by atoms with E-state index in [2.05, 4.69) is 20.4 Å². The summed E-state index contributed by atoms with van der Waals surface area (Å²) in [7, 11) is 1.58. The summed E-state index contributed by atoms with van der Waals surface area (Å²) in [6.07, 6.45) is 1.99. The first-order chi connectivity index (χ1) is 14.2. The van der Waals surface area contributed by atoms with Gasteiger partial charge in [-0.1, -0.05) is 35.0 Å². The van der Waals surface area contributed by atoms with E-state index in [-0.39, 0.29) is 24.8 Å². The molecule has 2 heterocycles. The predicted octanol–water partition coefficient (Wildman–Crippen LogP) is 3.41. The van der Waals surface area contributed by atoms with Crippen molar-refractivity contribution in [2.24, 2.45) is 0 Å². The van der Waals surface area contributed by atoms with Gasteiger partial charge in [0.05, 0.1) is 23.0 Å². The normalized spacial score (nSPS) is 11.0. The summed E-state index contributed by atoms with van der Waals surface area (Å²) < 4.78 is 1.64. The number of carbonyl (C=O) groups excluding carboxylic acids is 2. The Kier molecular flexibility index (Phi) is 6.84. The molecule has 158 valence electrons. The number of hydrogen-bond donors (Lipinski definition) is 1. The third kappa shape index (κ3) is 4.85. The Labute approximate surface area is 188 Å². The molecule has 0 fully saturated rings. The minimum absolute atomic E-state index is 0.103. The van der Waals surface area contributed by atoms with Gasteiger partial charge in [-0.15, -0.1) is 5.10 Å². The van der Waals surface area contributed by atoms with Gasteiger partial charge in [0.15, 0.2) is 0 Å². The van der Waals surface area contributed by atoms with Crippen molar-refractivity contribution in [2.45, 2.75) is 25.4 Å². The third-order valence-corrected chi connectivity index (χ3v) is 5.83. The first-order valence-corrected chi connectivity index (χ1v) is 10.9. The standard InChI is InChI=1S/C19H20Cl2N6O2S/c1-10-13(11(2)27-18(22-10)24-19(25-27)30-4)8-17(29)26(3)9-16(28)23-12-5-6-14(20)15(21)7-12/h5-7H,8-9H2,1-4H3,(H,23,28). The SMILES string of the molecule is CSc1nc2nc(C)c(CC(=O)N(C)CC(=O)Nc3ccc(Cl)c(Cl)c3)c(C)n2n1. The molecular weight excluding hydrogens is 447 g/mol. The van der Waals surface area contributed by atoms with Gasteiger partial charge in [-0.3, -0.25) is 9.59 Å². The number of carbonyl (C=O) groups is 2. The molecule has 30 heavy (non-hydrogen) atoms. The molecule has 0 spiro atoms. The quantitative estimate of drug-likeness (QED) is 0.559. The van der Waals surface area contributed by atoms with E-state index in [0.29, 0.717) is 32.4 Å². The Morgan fingerprint density at radius 1 is 1.20 bits per heavy atom. The highest BCUT2D eigenvalue weighted by Crippen LogP contribution is 2.25. The van der Waals surface area contributed by atoms with Gasteiger partial charge in [-0.05, 0) is 38.3 Å². The van der Waals surface area contributed by atoms with Gasteiger partial charge in [0, 0.05) is 29.7 Å². The van der Waals surface area contributed by atoms with Gasteiger partial charge in [-0.25, -0.2) is 9.50 Å². The summed E-state index contributed by atoms with van der Waals surface area (Å²) in [6, 6.07) is 4.79. The molecular formula is C19H20Cl2N6O2S. The highest BCUT2D eigenvalue weighted by Gasteiger charge is 2.19. The number of fused-ring (bicyclic) bond motifs is 1. The second kappa shape index (κ2) is 9.20. The summed E-state index contributed by atoms with van der Waals surface area (Å²) in [5, 5.41) is 8.44. The van der Waals surface area contributed by atoms with Crippen LogP contribution in [0.1, 0.15) is 17.0 Å². The van der Waals surface area contributed by atoms with Crippen LogP contribution >= 0.6 is 35.0 Å². The average molecular weight is 467 g/mol. The van der Waals surface area contributed by atoms with Gasteiger partial charge >= 0.3 is 0 Å². The van der Waals surface area contributed by atoms with Crippen molar-refractivity contribution in [1.29, 1.82) is 0 Å². The van der Waals surface area contributed by atoms with Crippen LogP contribution in [0.3, 0.4) is 0 Å². The Balaban J connectivity index is 1.69.